The predicted octanol–water partition coefficient (Wildman–Crippen LogP) is 3.18. The number of nitrogens with one attached hydrogen (secondary N) is 2. The quantitative estimate of drug-likeness (QED) is 0.288. The van der Waals surface area contributed by atoms with Crippen LogP contribution in [0.2, 0.25) is 0 Å². The fraction of sp³-hybridized carbons (Fsp3) is 0.200. The molecule has 32 heavy (non-hydrogen) atoms. The lowest BCUT2D eigenvalue weighted by molar-refractivity contribution is -0.146. The highest BCUT2D eigenvalue weighted by Gasteiger charge is 2.28. The molecule has 7 nitrogen and oxygen atoms in total. The number of amidine groups is 1. The number of hydrogen-bond acceptors (Lipinski definition) is 5. The van der Waals surface area contributed by atoms with Gasteiger partial charge in [0.05, 0.1) is 18.7 Å². The van der Waals surface area contributed by atoms with Crippen LogP contribution in [0.4, 0.5) is 0 Å². The fourth-order valence-corrected chi connectivity index (χ4v) is 3.45. The van der Waals surface area contributed by atoms with Gasteiger partial charge in [-0.1, -0.05) is 36.4 Å². The molecule has 0 saturated carbocycles. The molecule has 0 saturated heterocycles. The molecule has 0 bridgehead atoms. The first-order valence-electron chi connectivity index (χ1n) is 10.2. The minimum absolute atomic E-state index is 0.0445. The van der Waals surface area contributed by atoms with E-state index in [4.69, 9.17) is 15.9 Å². The van der Waals surface area contributed by atoms with Crippen LogP contribution in [0.1, 0.15) is 28.4 Å². The van der Waals surface area contributed by atoms with E-state index in [2.05, 4.69) is 10.3 Å². The van der Waals surface area contributed by atoms with Crippen LogP contribution in [0.25, 0.3) is 11.3 Å². The molecule has 0 aliphatic rings. The summed E-state index contributed by atoms with van der Waals surface area (Å²) in [7, 11) is 1.33. The van der Waals surface area contributed by atoms with Crippen molar-refractivity contribution in [2.45, 2.75) is 19.4 Å². The molecule has 164 valence electrons. The zero-order chi connectivity index (χ0) is 23.1. The first-order chi connectivity index (χ1) is 15.4. The van der Waals surface area contributed by atoms with Crippen LogP contribution in [-0.2, 0) is 16.0 Å². The third-order valence-corrected chi connectivity index (χ3v) is 5.27. The number of carbonyl (C=O) groups is 2. The van der Waals surface area contributed by atoms with Gasteiger partial charge in [0.15, 0.2) is 0 Å². The number of rotatable bonds is 8. The molecular formula is C25H26N4O3. The van der Waals surface area contributed by atoms with Crippen molar-refractivity contribution in [2.24, 2.45) is 11.7 Å². The molecule has 0 radical (unpaired) electrons. The molecular weight excluding hydrogens is 404 g/mol. The molecule has 1 heterocycles. The summed E-state index contributed by atoms with van der Waals surface area (Å²) in [5, 5.41) is 10.5. The number of methoxy groups -OCH3 is 1. The number of nitrogen functional groups attached to an aromatic ring is 1. The third kappa shape index (κ3) is 5.57. The predicted molar refractivity (Wildman–Crippen MR) is 123 cm³/mol. The number of amides is 1. The Balaban J connectivity index is 1.72. The summed E-state index contributed by atoms with van der Waals surface area (Å²) in [6, 6.07) is 19.5. The second-order valence-corrected chi connectivity index (χ2v) is 7.50. The minimum Gasteiger partial charge on any atom is -0.469 e. The number of aromatic nitrogens is 1. The first-order valence-corrected chi connectivity index (χ1v) is 10.2. The van der Waals surface area contributed by atoms with Crippen molar-refractivity contribution in [2.75, 3.05) is 7.11 Å². The molecule has 1 aromatic heterocycles. The van der Waals surface area contributed by atoms with E-state index in [-0.39, 0.29) is 11.7 Å². The van der Waals surface area contributed by atoms with Crippen molar-refractivity contribution in [3.05, 3.63) is 89.6 Å². The van der Waals surface area contributed by atoms with Crippen molar-refractivity contribution in [1.29, 1.82) is 5.41 Å². The minimum atomic E-state index is -0.598. The molecule has 0 unspecified atom stereocenters. The smallest absolute Gasteiger partial charge is 0.311 e. The summed E-state index contributed by atoms with van der Waals surface area (Å²) in [5.41, 5.74) is 9.20. The Labute approximate surface area is 187 Å². The Bertz CT molecular complexity index is 1100. The zero-order valence-corrected chi connectivity index (χ0v) is 18.0. The average molecular weight is 431 g/mol. The first kappa shape index (κ1) is 22.7. The average Bonchev–Trinajstić information content (AvgIpc) is 2.82. The molecule has 7 heteroatoms. The number of ether oxygens (including phenoxy) is 1. The Hall–Kier alpha value is -4.00. The molecule has 2 atom stereocenters. The maximum absolute atomic E-state index is 12.8. The van der Waals surface area contributed by atoms with Crippen LogP contribution < -0.4 is 11.1 Å². The summed E-state index contributed by atoms with van der Waals surface area (Å²) in [6.07, 6.45) is 2.06. The number of esters is 1. The van der Waals surface area contributed by atoms with E-state index in [0.29, 0.717) is 17.5 Å². The number of pyridine rings is 1. The summed E-state index contributed by atoms with van der Waals surface area (Å²) < 4.78 is 4.97. The summed E-state index contributed by atoms with van der Waals surface area (Å²) in [6.45, 7) is 1.77. The van der Waals surface area contributed by atoms with Gasteiger partial charge in [-0.25, -0.2) is 0 Å². The van der Waals surface area contributed by atoms with Gasteiger partial charge in [-0.15, -0.1) is 0 Å². The van der Waals surface area contributed by atoms with E-state index in [0.717, 1.165) is 16.8 Å². The van der Waals surface area contributed by atoms with Crippen LogP contribution in [0.15, 0.2) is 72.9 Å². The number of benzene rings is 2. The summed E-state index contributed by atoms with van der Waals surface area (Å²) in [4.78, 5) is 29.5. The lowest BCUT2D eigenvalue weighted by Crippen LogP contribution is -2.42. The number of nitrogens with zero attached hydrogens (tertiary/aromatic N) is 1. The van der Waals surface area contributed by atoms with Crippen LogP contribution >= 0.6 is 0 Å². The normalized spacial score (nSPS) is 12.4. The standard InChI is InChI=1S/C25H26N4O3/c1-16(21(25(31)32-2)15-17-6-5-7-20(14-17)23(26)27)29-24(30)19-11-9-18(10-12-19)22-8-3-4-13-28-22/h3-14,16,21H,15H2,1-2H3,(H3,26,27)(H,29,30)/t16-,21-/m1/s1. The van der Waals surface area contributed by atoms with Gasteiger partial charge in [0.1, 0.15) is 5.84 Å². The molecule has 0 aliphatic carbocycles. The maximum atomic E-state index is 12.8. The van der Waals surface area contributed by atoms with E-state index in [1.54, 1.807) is 43.5 Å². The SMILES string of the molecule is COC(=O)[C@H](Cc1cccc(C(=N)N)c1)[C@@H](C)NC(=O)c1ccc(-c2ccccn2)cc1. The van der Waals surface area contributed by atoms with Gasteiger partial charge in [-0.2, -0.15) is 0 Å². The van der Waals surface area contributed by atoms with Crippen molar-refractivity contribution in [3.8, 4) is 11.3 Å². The number of hydrogen-bond donors (Lipinski definition) is 3. The van der Waals surface area contributed by atoms with Gasteiger partial charge in [-0.05, 0) is 49.2 Å². The van der Waals surface area contributed by atoms with Gasteiger partial charge < -0.3 is 15.8 Å². The van der Waals surface area contributed by atoms with Crippen LogP contribution in [0.5, 0.6) is 0 Å². The highest BCUT2D eigenvalue weighted by Crippen LogP contribution is 2.19. The summed E-state index contributed by atoms with van der Waals surface area (Å²) in [5.74, 6) is -1.34. The molecule has 0 fully saturated rings. The molecule has 4 N–H and O–H groups in total. The van der Waals surface area contributed by atoms with E-state index < -0.39 is 17.9 Å². The highest BCUT2D eigenvalue weighted by atomic mass is 16.5. The Morgan fingerprint density at radius 3 is 2.44 bits per heavy atom. The highest BCUT2D eigenvalue weighted by molar-refractivity contribution is 5.95. The van der Waals surface area contributed by atoms with Crippen molar-refractivity contribution in [1.82, 2.24) is 10.3 Å². The molecule has 0 spiro atoms. The van der Waals surface area contributed by atoms with Gasteiger partial charge in [0, 0.05) is 28.9 Å². The van der Waals surface area contributed by atoms with Crippen LogP contribution in [-0.4, -0.2) is 35.8 Å². The molecule has 3 aromatic rings. The number of nitrogens with two attached hydrogens (primary N) is 1. The van der Waals surface area contributed by atoms with Gasteiger partial charge >= 0.3 is 5.97 Å². The van der Waals surface area contributed by atoms with Gasteiger partial charge in [-0.3, -0.25) is 20.0 Å². The Morgan fingerprint density at radius 1 is 1.06 bits per heavy atom. The summed E-state index contributed by atoms with van der Waals surface area (Å²) >= 11 is 0. The largest absolute Gasteiger partial charge is 0.469 e. The Kier molecular flexibility index (Phi) is 7.33. The Morgan fingerprint density at radius 2 is 1.81 bits per heavy atom. The van der Waals surface area contributed by atoms with Crippen molar-refractivity contribution >= 4 is 17.7 Å². The second-order valence-electron chi connectivity index (χ2n) is 7.50. The second kappa shape index (κ2) is 10.3. The molecule has 2 aromatic carbocycles. The van der Waals surface area contributed by atoms with Gasteiger partial charge in [0.25, 0.3) is 5.91 Å². The molecule has 3 rings (SSSR count). The van der Waals surface area contributed by atoms with Crippen LogP contribution in [0, 0.1) is 11.3 Å². The number of carbonyl (C=O) groups excluding carboxylic acids is 2. The lowest BCUT2D eigenvalue weighted by Gasteiger charge is -2.23. The topological polar surface area (TPSA) is 118 Å². The maximum Gasteiger partial charge on any atom is 0.311 e. The third-order valence-electron chi connectivity index (χ3n) is 5.27. The van der Waals surface area contributed by atoms with Crippen molar-refractivity contribution < 1.29 is 14.3 Å². The van der Waals surface area contributed by atoms with E-state index in [9.17, 15) is 9.59 Å². The van der Waals surface area contributed by atoms with Crippen LogP contribution in [0.3, 0.4) is 0 Å². The van der Waals surface area contributed by atoms with E-state index in [1.807, 2.05) is 36.4 Å². The fourth-order valence-electron chi connectivity index (χ4n) is 3.45. The van der Waals surface area contributed by atoms with Gasteiger partial charge in [0.2, 0.25) is 0 Å². The molecule has 0 aliphatic heterocycles. The lowest BCUT2D eigenvalue weighted by atomic mass is 9.92. The molecule has 1 amide bonds. The monoisotopic (exact) mass is 430 g/mol. The zero-order valence-electron chi connectivity index (χ0n) is 18.0. The van der Waals surface area contributed by atoms with Crippen molar-refractivity contribution in [3.63, 3.8) is 0 Å². The van der Waals surface area contributed by atoms with E-state index >= 15 is 0 Å². The van der Waals surface area contributed by atoms with E-state index in [1.165, 1.54) is 7.11 Å².